The zero-order valence-electron chi connectivity index (χ0n) is 14.2. The Labute approximate surface area is 153 Å². The molecular formula is C19H15N3O3S. The minimum Gasteiger partial charge on any atom is -0.462 e. The number of ether oxygens (including phenoxy) is 1. The SMILES string of the molecule is CCOC(=O)c1sc2nc(/C=C/c3ccc(C#N)cc3)[nH]c(=O)c2c1C. The van der Waals surface area contributed by atoms with Crippen LogP contribution in [0.4, 0.5) is 0 Å². The van der Waals surface area contributed by atoms with Crippen molar-refractivity contribution in [3.63, 3.8) is 0 Å². The first-order valence-electron chi connectivity index (χ1n) is 7.92. The average molecular weight is 365 g/mol. The standard InChI is InChI=1S/C19H15N3O3S/c1-3-25-19(24)16-11(2)15-17(23)21-14(22-18(15)26-16)9-8-12-4-6-13(10-20)7-5-12/h4-9H,3H2,1-2H3,(H,21,22,23)/b9-8+. The summed E-state index contributed by atoms with van der Waals surface area (Å²) in [6.07, 6.45) is 3.47. The molecule has 7 heteroatoms. The summed E-state index contributed by atoms with van der Waals surface area (Å²) in [5, 5.41) is 9.23. The van der Waals surface area contributed by atoms with E-state index in [1.54, 1.807) is 50.3 Å². The Morgan fingerprint density at radius 2 is 2.08 bits per heavy atom. The number of carbonyl (C=O) groups is 1. The Kier molecular flexibility index (Phi) is 4.96. The van der Waals surface area contributed by atoms with E-state index in [-0.39, 0.29) is 12.2 Å². The second-order valence-electron chi connectivity index (χ2n) is 5.48. The summed E-state index contributed by atoms with van der Waals surface area (Å²) in [5.41, 5.74) is 1.75. The van der Waals surface area contributed by atoms with E-state index < -0.39 is 5.97 Å². The molecule has 6 nitrogen and oxygen atoms in total. The highest BCUT2D eigenvalue weighted by Gasteiger charge is 2.19. The summed E-state index contributed by atoms with van der Waals surface area (Å²) in [4.78, 5) is 32.4. The van der Waals surface area contributed by atoms with Gasteiger partial charge >= 0.3 is 5.97 Å². The topological polar surface area (TPSA) is 95.8 Å². The van der Waals surface area contributed by atoms with Crippen molar-refractivity contribution in [2.75, 3.05) is 6.61 Å². The summed E-state index contributed by atoms with van der Waals surface area (Å²) in [6.45, 7) is 3.72. The molecule has 1 aromatic carbocycles. The molecule has 3 aromatic rings. The number of aromatic nitrogens is 2. The molecule has 0 atom stereocenters. The van der Waals surface area contributed by atoms with Gasteiger partial charge in [0.2, 0.25) is 0 Å². The number of rotatable bonds is 4. The number of fused-ring (bicyclic) bond motifs is 1. The number of esters is 1. The summed E-state index contributed by atoms with van der Waals surface area (Å²) in [5.74, 6) is -0.0504. The highest BCUT2D eigenvalue weighted by molar-refractivity contribution is 7.20. The minimum atomic E-state index is -0.443. The molecule has 0 unspecified atom stereocenters. The van der Waals surface area contributed by atoms with Crippen molar-refractivity contribution in [1.29, 1.82) is 5.26 Å². The summed E-state index contributed by atoms with van der Waals surface area (Å²) in [6, 6.07) is 9.10. The molecule has 0 radical (unpaired) electrons. The molecule has 3 rings (SSSR count). The Hall–Kier alpha value is -3.24. The van der Waals surface area contributed by atoms with Crippen molar-refractivity contribution in [3.05, 3.63) is 62.0 Å². The predicted molar refractivity (Wildman–Crippen MR) is 101 cm³/mol. The number of thiophene rings is 1. The third-order valence-corrected chi connectivity index (χ3v) is 4.92. The van der Waals surface area contributed by atoms with Crippen LogP contribution in [0.5, 0.6) is 0 Å². The number of aromatic amines is 1. The van der Waals surface area contributed by atoms with E-state index in [4.69, 9.17) is 10.00 Å². The van der Waals surface area contributed by atoms with Gasteiger partial charge in [0, 0.05) is 0 Å². The first-order valence-corrected chi connectivity index (χ1v) is 8.74. The molecule has 0 amide bonds. The first-order chi connectivity index (χ1) is 12.5. The van der Waals surface area contributed by atoms with Gasteiger partial charge in [0.1, 0.15) is 15.5 Å². The minimum absolute atomic E-state index is 0.273. The number of nitriles is 1. The van der Waals surface area contributed by atoms with Crippen LogP contribution in [0.15, 0.2) is 29.1 Å². The van der Waals surface area contributed by atoms with Gasteiger partial charge < -0.3 is 9.72 Å². The van der Waals surface area contributed by atoms with Crippen LogP contribution in [0.2, 0.25) is 0 Å². The molecule has 0 aliphatic rings. The number of nitrogens with one attached hydrogen (secondary N) is 1. The first kappa shape index (κ1) is 17.6. The van der Waals surface area contributed by atoms with Crippen molar-refractivity contribution in [2.45, 2.75) is 13.8 Å². The predicted octanol–water partition coefficient (Wildman–Crippen LogP) is 3.51. The Morgan fingerprint density at radius 1 is 1.35 bits per heavy atom. The van der Waals surface area contributed by atoms with E-state index in [1.165, 1.54) is 0 Å². The molecule has 1 N–H and O–H groups in total. The maximum Gasteiger partial charge on any atom is 0.348 e. The van der Waals surface area contributed by atoms with Gasteiger partial charge in [-0.1, -0.05) is 18.2 Å². The third kappa shape index (κ3) is 3.41. The largest absolute Gasteiger partial charge is 0.462 e. The van der Waals surface area contributed by atoms with E-state index in [1.807, 2.05) is 0 Å². The fourth-order valence-corrected chi connectivity index (χ4v) is 3.56. The van der Waals surface area contributed by atoms with Gasteiger partial charge in [-0.15, -0.1) is 11.3 Å². The van der Waals surface area contributed by atoms with Crippen molar-refractivity contribution in [3.8, 4) is 6.07 Å². The highest BCUT2D eigenvalue weighted by atomic mass is 32.1. The number of hydrogen-bond acceptors (Lipinski definition) is 6. The van der Waals surface area contributed by atoms with Crippen LogP contribution in [0, 0.1) is 18.3 Å². The second kappa shape index (κ2) is 7.33. The molecule has 0 bridgehead atoms. The average Bonchev–Trinajstić information content (AvgIpc) is 2.98. The van der Waals surface area contributed by atoms with E-state index in [0.29, 0.717) is 32.0 Å². The van der Waals surface area contributed by atoms with Crippen LogP contribution in [0.1, 0.15) is 39.1 Å². The zero-order valence-corrected chi connectivity index (χ0v) is 15.0. The molecule has 2 heterocycles. The quantitative estimate of drug-likeness (QED) is 0.714. The van der Waals surface area contributed by atoms with Crippen LogP contribution in [0.25, 0.3) is 22.4 Å². The van der Waals surface area contributed by atoms with E-state index in [9.17, 15) is 9.59 Å². The number of benzene rings is 1. The van der Waals surface area contributed by atoms with Gasteiger partial charge in [-0.3, -0.25) is 4.79 Å². The van der Waals surface area contributed by atoms with Gasteiger partial charge in [-0.2, -0.15) is 5.26 Å². The molecular weight excluding hydrogens is 350 g/mol. The van der Waals surface area contributed by atoms with E-state index in [2.05, 4.69) is 16.0 Å². The summed E-state index contributed by atoms with van der Waals surface area (Å²) < 4.78 is 5.03. The number of hydrogen-bond donors (Lipinski definition) is 1. The van der Waals surface area contributed by atoms with Crippen molar-refractivity contribution >= 4 is 39.7 Å². The van der Waals surface area contributed by atoms with Gasteiger partial charge in [0.25, 0.3) is 5.56 Å². The summed E-state index contributed by atoms with van der Waals surface area (Å²) in [7, 11) is 0. The number of aryl methyl sites for hydroxylation is 1. The smallest absolute Gasteiger partial charge is 0.348 e. The molecule has 26 heavy (non-hydrogen) atoms. The molecule has 0 aliphatic heterocycles. The highest BCUT2D eigenvalue weighted by Crippen LogP contribution is 2.27. The zero-order chi connectivity index (χ0) is 18.7. The normalized spacial score (nSPS) is 11.0. The lowest BCUT2D eigenvalue weighted by molar-refractivity contribution is 0.0531. The molecule has 0 fully saturated rings. The molecule has 0 saturated heterocycles. The third-order valence-electron chi connectivity index (χ3n) is 3.75. The lowest BCUT2D eigenvalue weighted by Crippen LogP contribution is -2.10. The molecule has 2 aromatic heterocycles. The lowest BCUT2D eigenvalue weighted by atomic mass is 10.1. The van der Waals surface area contributed by atoms with Crippen molar-refractivity contribution in [1.82, 2.24) is 9.97 Å². The monoisotopic (exact) mass is 365 g/mol. The fourth-order valence-electron chi connectivity index (χ4n) is 2.47. The van der Waals surface area contributed by atoms with Crippen LogP contribution >= 0.6 is 11.3 Å². The van der Waals surface area contributed by atoms with Crippen LogP contribution in [0.3, 0.4) is 0 Å². The molecule has 0 saturated carbocycles. The number of nitrogens with zero attached hydrogens (tertiary/aromatic N) is 2. The maximum absolute atomic E-state index is 12.4. The van der Waals surface area contributed by atoms with Crippen LogP contribution in [-0.4, -0.2) is 22.5 Å². The summed E-state index contributed by atoms with van der Waals surface area (Å²) >= 11 is 1.15. The van der Waals surface area contributed by atoms with Gasteiger partial charge in [0.15, 0.2) is 0 Å². The maximum atomic E-state index is 12.4. The Morgan fingerprint density at radius 3 is 2.73 bits per heavy atom. The van der Waals surface area contributed by atoms with Crippen molar-refractivity contribution in [2.24, 2.45) is 0 Å². The van der Waals surface area contributed by atoms with Crippen LogP contribution < -0.4 is 5.56 Å². The van der Waals surface area contributed by atoms with E-state index >= 15 is 0 Å². The Bertz CT molecular complexity index is 1100. The Balaban J connectivity index is 1.97. The van der Waals surface area contributed by atoms with Crippen molar-refractivity contribution < 1.29 is 9.53 Å². The van der Waals surface area contributed by atoms with Gasteiger partial charge in [0.05, 0.1) is 23.6 Å². The molecule has 0 aliphatic carbocycles. The number of carbonyl (C=O) groups excluding carboxylic acids is 1. The van der Waals surface area contributed by atoms with Gasteiger partial charge in [-0.25, -0.2) is 9.78 Å². The fraction of sp³-hybridized carbons (Fsp3) is 0.158. The number of H-pyrrole nitrogens is 1. The second-order valence-corrected chi connectivity index (χ2v) is 6.47. The van der Waals surface area contributed by atoms with E-state index in [0.717, 1.165) is 16.9 Å². The lowest BCUT2D eigenvalue weighted by Gasteiger charge is -1.98. The molecule has 0 spiro atoms. The molecule has 130 valence electrons. The van der Waals surface area contributed by atoms with Gasteiger partial charge in [-0.05, 0) is 43.2 Å². The van der Waals surface area contributed by atoms with Crippen LogP contribution in [-0.2, 0) is 4.74 Å².